The predicted molar refractivity (Wildman–Crippen MR) is 64.4 cm³/mol. The van der Waals surface area contributed by atoms with Crippen LogP contribution in [0.2, 0.25) is 5.02 Å². The molecule has 2 nitrogen and oxygen atoms in total. The van der Waals surface area contributed by atoms with Crippen molar-refractivity contribution in [3.63, 3.8) is 0 Å². The summed E-state index contributed by atoms with van der Waals surface area (Å²) in [6.45, 7) is 6.21. The molecule has 0 fully saturated rings. The highest BCUT2D eigenvalue weighted by Crippen LogP contribution is 2.32. The van der Waals surface area contributed by atoms with Gasteiger partial charge in [-0.1, -0.05) is 31.5 Å². The summed E-state index contributed by atoms with van der Waals surface area (Å²) in [4.78, 5) is 0. The highest BCUT2D eigenvalue weighted by Gasteiger charge is 2.26. The minimum atomic E-state index is -0.363. The van der Waals surface area contributed by atoms with Crippen molar-refractivity contribution in [3.05, 3.63) is 28.8 Å². The summed E-state index contributed by atoms with van der Waals surface area (Å²) >= 11 is 5.96. The fourth-order valence-electron chi connectivity index (χ4n) is 1.33. The van der Waals surface area contributed by atoms with Gasteiger partial charge in [-0.05, 0) is 30.5 Å². The van der Waals surface area contributed by atoms with E-state index >= 15 is 0 Å². The van der Waals surface area contributed by atoms with E-state index in [1.54, 1.807) is 7.11 Å². The Hall–Kier alpha value is -0.730. The van der Waals surface area contributed by atoms with E-state index in [0.29, 0.717) is 16.7 Å². The minimum Gasteiger partial charge on any atom is -0.495 e. The first-order valence-corrected chi connectivity index (χ1v) is 5.40. The zero-order valence-corrected chi connectivity index (χ0v) is 10.4. The molecule has 0 heterocycles. The van der Waals surface area contributed by atoms with E-state index in [0.717, 1.165) is 5.56 Å². The van der Waals surface area contributed by atoms with Crippen molar-refractivity contribution < 1.29 is 4.74 Å². The lowest BCUT2D eigenvalue weighted by Gasteiger charge is -2.30. The molecule has 2 N–H and O–H groups in total. The lowest BCUT2D eigenvalue weighted by Crippen LogP contribution is -2.38. The van der Waals surface area contributed by atoms with Crippen LogP contribution >= 0.6 is 11.6 Å². The van der Waals surface area contributed by atoms with Gasteiger partial charge in [-0.3, -0.25) is 0 Å². The topological polar surface area (TPSA) is 35.2 Å². The molecule has 0 aliphatic rings. The average molecular weight is 228 g/mol. The zero-order chi connectivity index (χ0) is 11.6. The second kappa shape index (κ2) is 4.42. The Kier molecular flexibility index (Phi) is 3.63. The Morgan fingerprint density at radius 3 is 2.47 bits per heavy atom. The van der Waals surface area contributed by atoms with E-state index in [4.69, 9.17) is 22.1 Å². The maximum Gasteiger partial charge on any atom is 0.137 e. The van der Waals surface area contributed by atoms with Gasteiger partial charge in [-0.25, -0.2) is 0 Å². The van der Waals surface area contributed by atoms with E-state index < -0.39 is 0 Å². The molecule has 0 spiro atoms. The lowest BCUT2D eigenvalue weighted by molar-refractivity contribution is 0.347. The van der Waals surface area contributed by atoms with E-state index in [2.05, 4.69) is 13.8 Å². The fourth-order valence-corrected chi connectivity index (χ4v) is 1.52. The number of methoxy groups -OCH3 is 1. The fraction of sp³-hybridized carbons (Fsp3) is 0.500. The number of nitrogens with two attached hydrogens (primary N) is 1. The van der Waals surface area contributed by atoms with Crippen LogP contribution < -0.4 is 10.5 Å². The van der Waals surface area contributed by atoms with Gasteiger partial charge in [0.15, 0.2) is 0 Å². The predicted octanol–water partition coefficient (Wildman–Crippen LogP) is 3.18. The van der Waals surface area contributed by atoms with E-state index in [1.807, 2.05) is 25.1 Å². The van der Waals surface area contributed by atoms with Crippen molar-refractivity contribution in [2.45, 2.75) is 26.3 Å². The van der Waals surface area contributed by atoms with Crippen LogP contribution in [0, 0.1) is 5.92 Å². The van der Waals surface area contributed by atoms with Crippen LogP contribution in [0.15, 0.2) is 18.2 Å². The molecule has 1 unspecified atom stereocenters. The van der Waals surface area contributed by atoms with Crippen LogP contribution in [0.1, 0.15) is 26.3 Å². The monoisotopic (exact) mass is 227 g/mol. The van der Waals surface area contributed by atoms with Gasteiger partial charge in [0, 0.05) is 5.54 Å². The van der Waals surface area contributed by atoms with Gasteiger partial charge in [-0.2, -0.15) is 0 Å². The summed E-state index contributed by atoms with van der Waals surface area (Å²) in [6.07, 6.45) is 0. The number of ether oxygens (including phenoxy) is 1. The lowest BCUT2D eigenvalue weighted by atomic mass is 9.83. The largest absolute Gasteiger partial charge is 0.495 e. The van der Waals surface area contributed by atoms with E-state index in [1.165, 1.54) is 0 Å². The molecule has 0 aromatic heterocycles. The molecule has 15 heavy (non-hydrogen) atoms. The zero-order valence-electron chi connectivity index (χ0n) is 9.67. The van der Waals surface area contributed by atoms with Crippen LogP contribution in [0.25, 0.3) is 0 Å². The van der Waals surface area contributed by atoms with Crippen molar-refractivity contribution in [3.8, 4) is 5.75 Å². The number of rotatable bonds is 3. The number of benzene rings is 1. The third-order valence-corrected chi connectivity index (χ3v) is 3.28. The first-order valence-electron chi connectivity index (χ1n) is 5.02. The summed E-state index contributed by atoms with van der Waals surface area (Å²) < 4.78 is 5.17. The summed E-state index contributed by atoms with van der Waals surface area (Å²) in [5.41, 5.74) is 6.93. The molecule has 1 aromatic carbocycles. The molecule has 0 saturated heterocycles. The van der Waals surface area contributed by atoms with Crippen LogP contribution in [-0.4, -0.2) is 7.11 Å². The summed E-state index contributed by atoms with van der Waals surface area (Å²) in [6, 6.07) is 5.68. The Morgan fingerprint density at radius 1 is 1.40 bits per heavy atom. The molecular weight excluding hydrogens is 210 g/mol. The molecule has 0 aliphatic carbocycles. The van der Waals surface area contributed by atoms with Crippen LogP contribution in [0.4, 0.5) is 0 Å². The first kappa shape index (κ1) is 12.3. The molecule has 3 heteroatoms. The van der Waals surface area contributed by atoms with Gasteiger partial charge in [0.1, 0.15) is 5.75 Å². The molecule has 84 valence electrons. The Balaban J connectivity index is 3.16. The third kappa shape index (κ3) is 2.44. The van der Waals surface area contributed by atoms with Gasteiger partial charge in [0.25, 0.3) is 0 Å². The molecule has 1 rings (SSSR count). The van der Waals surface area contributed by atoms with Crippen molar-refractivity contribution in [2.24, 2.45) is 11.7 Å². The Labute approximate surface area is 96.4 Å². The summed E-state index contributed by atoms with van der Waals surface area (Å²) in [5.74, 6) is 1.02. The molecular formula is C12H18ClNO. The van der Waals surface area contributed by atoms with Gasteiger partial charge in [0.2, 0.25) is 0 Å². The quantitative estimate of drug-likeness (QED) is 0.861. The van der Waals surface area contributed by atoms with Gasteiger partial charge < -0.3 is 10.5 Å². The molecule has 0 amide bonds. The van der Waals surface area contributed by atoms with Gasteiger partial charge in [0.05, 0.1) is 12.1 Å². The van der Waals surface area contributed by atoms with Crippen LogP contribution in [-0.2, 0) is 5.54 Å². The highest BCUT2D eigenvalue weighted by molar-refractivity contribution is 6.32. The Morgan fingerprint density at radius 2 is 2.00 bits per heavy atom. The van der Waals surface area contributed by atoms with Crippen molar-refractivity contribution in [2.75, 3.05) is 7.11 Å². The van der Waals surface area contributed by atoms with Crippen LogP contribution in [0.5, 0.6) is 5.75 Å². The van der Waals surface area contributed by atoms with Gasteiger partial charge >= 0.3 is 0 Å². The number of halogens is 1. The first-order chi connectivity index (χ1) is 6.89. The van der Waals surface area contributed by atoms with E-state index in [-0.39, 0.29) is 5.54 Å². The van der Waals surface area contributed by atoms with E-state index in [9.17, 15) is 0 Å². The van der Waals surface area contributed by atoms with Crippen molar-refractivity contribution >= 4 is 11.6 Å². The molecule has 0 saturated carbocycles. The SMILES string of the molecule is COc1cc(C(C)(N)C(C)C)ccc1Cl. The number of hydrogen-bond donors (Lipinski definition) is 1. The molecule has 0 bridgehead atoms. The number of hydrogen-bond acceptors (Lipinski definition) is 2. The van der Waals surface area contributed by atoms with Crippen LogP contribution in [0.3, 0.4) is 0 Å². The third-order valence-electron chi connectivity index (χ3n) is 2.97. The maximum absolute atomic E-state index is 6.26. The van der Waals surface area contributed by atoms with Crippen molar-refractivity contribution in [1.82, 2.24) is 0 Å². The average Bonchev–Trinajstić information content (AvgIpc) is 2.18. The normalized spacial score (nSPS) is 15.1. The summed E-state index contributed by atoms with van der Waals surface area (Å²) in [7, 11) is 1.61. The standard InChI is InChI=1S/C12H18ClNO/c1-8(2)12(3,14)9-5-6-10(13)11(7-9)15-4/h5-8H,14H2,1-4H3. The highest BCUT2D eigenvalue weighted by atomic mass is 35.5. The molecule has 0 radical (unpaired) electrons. The molecule has 0 aliphatic heterocycles. The second-order valence-electron chi connectivity index (χ2n) is 4.29. The summed E-state index contributed by atoms with van der Waals surface area (Å²) in [5, 5.41) is 0.612. The smallest absolute Gasteiger partial charge is 0.137 e. The van der Waals surface area contributed by atoms with Crippen molar-refractivity contribution in [1.29, 1.82) is 0 Å². The molecule has 1 aromatic rings. The molecule has 1 atom stereocenters. The second-order valence-corrected chi connectivity index (χ2v) is 4.69. The maximum atomic E-state index is 6.26. The minimum absolute atomic E-state index is 0.350. The Bertz CT molecular complexity index is 347. The van der Waals surface area contributed by atoms with Gasteiger partial charge in [-0.15, -0.1) is 0 Å².